The lowest BCUT2D eigenvalue weighted by Gasteiger charge is -2.36. The summed E-state index contributed by atoms with van der Waals surface area (Å²) < 4.78 is 13.1. The number of nitrogens with two attached hydrogens (primary N) is 1. The normalized spacial score (nSPS) is 18.2. The van der Waals surface area contributed by atoms with Crippen LogP contribution in [0.2, 0.25) is 0 Å². The lowest BCUT2D eigenvalue weighted by Crippen LogP contribution is -2.48. The number of ether oxygens (including phenoxy) is 2. The van der Waals surface area contributed by atoms with Crippen LogP contribution in [0.4, 0.5) is 11.4 Å². The number of benzene rings is 1. The Balaban J connectivity index is 1.49. The molecule has 2 aromatic heterocycles. The first-order valence-corrected chi connectivity index (χ1v) is 14.6. The molecule has 0 radical (unpaired) electrons. The zero-order valence-electron chi connectivity index (χ0n) is 24.3. The van der Waals surface area contributed by atoms with Crippen molar-refractivity contribution in [3.05, 3.63) is 51.3 Å². The zero-order chi connectivity index (χ0) is 29.6. The predicted octanol–water partition coefficient (Wildman–Crippen LogP) is 3.19. The van der Waals surface area contributed by atoms with Crippen LogP contribution in [0.25, 0.3) is 22.3 Å². The van der Waals surface area contributed by atoms with E-state index in [1.165, 1.54) is 0 Å². The van der Waals surface area contributed by atoms with Crippen LogP contribution in [0.15, 0.2) is 34.1 Å². The van der Waals surface area contributed by atoms with E-state index < -0.39 is 17.5 Å². The number of likely N-dealkylation sites (N-methyl/N-ethyl adjacent to an activating group) is 1. The third-order valence-electron chi connectivity index (χ3n) is 8.45. The van der Waals surface area contributed by atoms with E-state index in [0.29, 0.717) is 42.1 Å². The fourth-order valence-corrected chi connectivity index (χ4v) is 6.31. The minimum absolute atomic E-state index is 0.0526. The molecule has 0 spiro atoms. The quantitative estimate of drug-likeness (QED) is 0.225. The molecule has 42 heavy (non-hydrogen) atoms. The first-order chi connectivity index (χ1) is 20.3. The number of carbonyl (C=O) groups excluding carboxylic acids is 2. The molecule has 6 rings (SSSR count). The Morgan fingerprint density at radius 2 is 2.05 bits per heavy atom. The number of carbonyl (C=O) groups is 2. The maximum absolute atomic E-state index is 14.0. The van der Waals surface area contributed by atoms with Crippen LogP contribution in [0, 0.1) is 0 Å². The summed E-state index contributed by atoms with van der Waals surface area (Å²) in [5.41, 5.74) is 9.16. The SMILES string of the molecule is CCCCCN1C=Nc2cccc3nc4c(c1c23)Cn1c-4cc2c(c1=O)COC(=O)[C@@]2(CC)OC(=O)CN(C)CCN. The van der Waals surface area contributed by atoms with Gasteiger partial charge in [-0.15, -0.1) is 0 Å². The summed E-state index contributed by atoms with van der Waals surface area (Å²) in [6.07, 6.45) is 5.20. The predicted molar refractivity (Wildman–Crippen MR) is 160 cm³/mol. The Hall–Kier alpha value is -4.09. The Morgan fingerprint density at radius 1 is 1.21 bits per heavy atom. The molecule has 3 aliphatic rings. The van der Waals surface area contributed by atoms with E-state index in [9.17, 15) is 14.4 Å². The van der Waals surface area contributed by atoms with Crippen molar-refractivity contribution < 1.29 is 19.1 Å². The molecule has 1 atom stereocenters. The Bertz CT molecular complexity index is 1680. The van der Waals surface area contributed by atoms with Gasteiger partial charge in [0.1, 0.15) is 6.61 Å². The highest BCUT2D eigenvalue weighted by Crippen LogP contribution is 2.47. The summed E-state index contributed by atoms with van der Waals surface area (Å²) in [6.45, 7) is 5.69. The highest BCUT2D eigenvalue weighted by atomic mass is 16.6. The minimum atomic E-state index is -1.73. The number of aliphatic imine (C=N–C) groups is 1. The van der Waals surface area contributed by atoms with Crippen molar-refractivity contribution in [2.24, 2.45) is 10.7 Å². The molecule has 0 saturated carbocycles. The molecule has 0 unspecified atom stereocenters. The van der Waals surface area contributed by atoms with Gasteiger partial charge in [-0.3, -0.25) is 14.5 Å². The van der Waals surface area contributed by atoms with Crippen molar-refractivity contribution in [3.8, 4) is 11.4 Å². The molecule has 0 bridgehead atoms. The average Bonchev–Trinajstić information content (AvgIpc) is 3.34. The van der Waals surface area contributed by atoms with Crippen molar-refractivity contribution in [3.63, 3.8) is 0 Å². The number of esters is 2. The highest BCUT2D eigenvalue weighted by Gasteiger charge is 2.50. The van der Waals surface area contributed by atoms with Gasteiger partial charge in [-0.2, -0.15) is 0 Å². The topological polar surface area (TPSA) is 132 Å². The number of hydrogen-bond donors (Lipinski definition) is 1. The second kappa shape index (κ2) is 11.0. The Morgan fingerprint density at radius 3 is 2.81 bits per heavy atom. The second-order valence-electron chi connectivity index (χ2n) is 11.2. The Labute approximate surface area is 243 Å². The molecule has 3 aliphatic heterocycles. The van der Waals surface area contributed by atoms with Crippen LogP contribution in [-0.4, -0.2) is 66.0 Å². The molecule has 0 saturated heterocycles. The molecule has 5 heterocycles. The van der Waals surface area contributed by atoms with E-state index in [-0.39, 0.29) is 25.1 Å². The van der Waals surface area contributed by atoms with Crippen molar-refractivity contribution in [1.29, 1.82) is 0 Å². The van der Waals surface area contributed by atoms with Gasteiger partial charge >= 0.3 is 11.9 Å². The van der Waals surface area contributed by atoms with Crippen LogP contribution >= 0.6 is 0 Å². The van der Waals surface area contributed by atoms with Gasteiger partial charge in [-0.05, 0) is 38.1 Å². The van der Waals surface area contributed by atoms with Gasteiger partial charge in [0.05, 0.1) is 58.7 Å². The first kappa shape index (κ1) is 28.0. The molecular weight excluding hydrogens is 536 g/mol. The number of hydrogen-bond acceptors (Lipinski definition) is 10. The van der Waals surface area contributed by atoms with E-state index in [2.05, 4.69) is 11.8 Å². The Kier molecular flexibility index (Phi) is 7.32. The van der Waals surface area contributed by atoms with Crippen LogP contribution in [-0.2, 0) is 37.8 Å². The monoisotopic (exact) mass is 572 g/mol. The van der Waals surface area contributed by atoms with Crippen molar-refractivity contribution in [2.75, 3.05) is 38.1 Å². The largest absolute Gasteiger partial charge is 0.457 e. The first-order valence-electron chi connectivity index (χ1n) is 14.6. The van der Waals surface area contributed by atoms with Crippen LogP contribution in [0.5, 0.6) is 0 Å². The fourth-order valence-electron chi connectivity index (χ4n) is 6.31. The van der Waals surface area contributed by atoms with Crippen LogP contribution in [0.3, 0.4) is 0 Å². The number of anilines is 1. The molecular formula is C31H36N6O5. The van der Waals surface area contributed by atoms with E-state index >= 15 is 0 Å². The molecule has 1 aromatic carbocycles. The van der Waals surface area contributed by atoms with Crippen molar-refractivity contribution >= 4 is 40.6 Å². The van der Waals surface area contributed by atoms with Gasteiger partial charge in [0.15, 0.2) is 0 Å². The number of nitrogens with zero attached hydrogens (tertiary/aromatic N) is 5. The zero-order valence-corrected chi connectivity index (χ0v) is 24.3. The van der Waals surface area contributed by atoms with E-state index in [0.717, 1.165) is 53.6 Å². The molecule has 220 valence electrons. The summed E-state index contributed by atoms with van der Waals surface area (Å²) >= 11 is 0. The minimum Gasteiger partial charge on any atom is -0.457 e. The van der Waals surface area contributed by atoms with Gasteiger partial charge in [-0.1, -0.05) is 32.8 Å². The number of pyridine rings is 2. The van der Waals surface area contributed by atoms with Gasteiger partial charge in [0.2, 0.25) is 5.60 Å². The smallest absolute Gasteiger partial charge is 0.355 e. The number of aromatic nitrogens is 2. The van der Waals surface area contributed by atoms with Gasteiger partial charge in [-0.25, -0.2) is 14.8 Å². The summed E-state index contributed by atoms with van der Waals surface area (Å²) in [5.74, 6) is -1.28. The van der Waals surface area contributed by atoms with E-state index in [1.807, 2.05) is 24.5 Å². The number of rotatable bonds is 10. The maximum atomic E-state index is 14.0. The highest BCUT2D eigenvalue weighted by molar-refractivity contribution is 6.11. The molecule has 2 N–H and O–H groups in total. The van der Waals surface area contributed by atoms with Gasteiger partial charge < -0.3 is 24.7 Å². The standard InChI is InChI=1S/C31H36N6O5/c1-4-6-7-12-36-18-33-22-9-8-10-23-26(22)28(36)19-15-37-24(27(19)34-23)14-21-20(29(37)39)17-41-30(40)31(21,5-2)42-25(38)16-35(3)13-11-32/h8-10,14,18H,4-7,11-13,15-17,32H2,1-3H3/t31-/m0/s1. The summed E-state index contributed by atoms with van der Waals surface area (Å²) in [4.78, 5) is 54.0. The number of cyclic esters (lactones) is 1. The maximum Gasteiger partial charge on any atom is 0.355 e. The van der Waals surface area contributed by atoms with Crippen molar-refractivity contribution in [2.45, 2.75) is 58.3 Å². The lowest BCUT2D eigenvalue weighted by molar-refractivity contribution is -0.189. The summed E-state index contributed by atoms with van der Waals surface area (Å²) in [7, 11) is 1.75. The van der Waals surface area contributed by atoms with Crippen molar-refractivity contribution in [1.82, 2.24) is 14.5 Å². The molecule has 11 heteroatoms. The van der Waals surface area contributed by atoms with Crippen LogP contribution in [0.1, 0.15) is 56.2 Å². The number of unbranched alkanes of at least 4 members (excludes halogenated alkanes) is 2. The molecule has 0 fully saturated rings. The third-order valence-corrected chi connectivity index (χ3v) is 8.45. The van der Waals surface area contributed by atoms with Gasteiger partial charge in [0.25, 0.3) is 5.56 Å². The molecule has 0 amide bonds. The van der Waals surface area contributed by atoms with Crippen LogP contribution < -0.4 is 16.2 Å². The molecule has 0 aliphatic carbocycles. The summed E-state index contributed by atoms with van der Waals surface area (Å²) in [6, 6.07) is 7.67. The van der Waals surface area contributed by atoms with E-state index in [1.54, 1.807) is 29.5 Å². The van der Waals surface area contributed by atoms with E-state index in [4.69, 9.17) is 25.2 Å². The fraction of sp³-hybridized carbons (Fsp3) is 0.452. The number of fused-ring (bicyclic) bond motifs is 5. The lowest BCUT2D eigenvalue weighted by atomic mass is 9.85. The molecule has 11 nitrogen and oxygen atoms in total. The average molecular weight is 573 g/mol. The summed E-state index contributed by atoms with van der Waals surface area (Å²) in [5, 5.41) is 0.970. The van der Waals surface area contributed by atoms with Gasteiger partial charge in [0, 0.05) is 30.8 Å². The molecule has 3 aromatic rings. The second-order valence-corrected chi connectivity index (χ2v) is 11.2. The third kappa shape index (κ3) is 4.38.